The van der Waals surface area contributed by atoms with Crippen molar-refractivity contribution in [2.24, 2.45) is 10.8 Å². The van der Waals surface area contributed by atoms with Crippen LogP contribution in [0.15, 0.2) is 15.8 Å². The van der Waals surface area contributed by atoms with Crippen LogP contribution in [0.2, 0.25) is 0 Å². The molecule has 9 nitrogen and oxygen atoms in total. The second-order valence-corrected chi connectivity index (χ2v) is 9.37. The van der Waals surface area contributed by atoms with Crippen LogP contribution in [-0.2, 0) is 16.1 Å². The first-order valence-electron chi connectivity index (χ1n) is 9.36. The summed E-state index contributed by atoms with van der Waals surface area (Å²) in [5, 5.41) is 30.3. The zero-order valence-corrected chi connectivity index (χ0v) is 17.4. The van der Waals surface area contributed by atoms with Gasteiger partial charge in [0.05, 0.1) is 24.9 Å². The predicted molar refractivity (Wildman–Crippen MR) is 102 cm³/mol. The molecule has 1 aromatic rings. The third-order valence-corrected chi connectivity index (χ3v) is 5.21. The van der Waals surface area contributed by atoms with Crippen LogP contribution in [0, 0.1) is 10.8 Å². The molecule has 0 radical (unpaired) electrons. The van der Waals surface area contributed by atoms with E-state index >= 15 is 0 Å². The summed E-state index contributed by atoms with van der Waals surface area (Å²) in [6, 6.07) is 0. The molecule has 1 saturated heterocycles. The number of aromatic amines is 1. The molecule has 0 aromatic carbocycles. The molecule has 0 saturated carbocycles. The zero-order valence-electron chi connectivity index (χ0n) is 17.4. The highest BCUT2D eigenvalue weighted by molar-refractivity contribution is 5.05. The maximum Gasteiger partial charge on any atom is 0.330 e. The first-order chi connectivity index (χ1) is 12.7. The minimum atomic E-state index is -1.55. The highest BCUT2D eigenvalue weighted by Gasteiger charge is 2.50. The lowest BCUT2D eigenvalue weighted by Crippen LogP contribution is -2.55. The van der Waals surface area contributed by atoms with E-state index in [0.29, 0.717) is 0 Å². The van der Waals surface area contributed by atoms with Gasteiger partial charge in [0.2, 0.25) is 0 Å². The van der Waals surface area contributed by atoms with Gasteiger partial charge in [-0.1, -0.05) is 41.5 Å². The second-order valence-electron chi connectivity index (χ2n) is 9.37. The lowest BCUT2D eigenvalue weighted by molar-refractivity contribution is -0.319. The number of aliphatic hydroxyl groups excluding tert-OH is 2. The number of nitrogens with one attached hydrogen (secondary N) is 1. The number of hydrogen-bond donors (Lipinski definition) is 4. The molecule has 160 valence electrons. The van der Waals surface area contributed by atoms with E-state index in [2.05, 4.69) is 4.98 Å². The standard InChI is InChI=1S/C19H32N2O7/c1-17(2,3)19(26,18(4,5)6)27-10-11-8-21(16(25)20-15(11)24)14-7-12(23)13(9-22)28-14/h8,12-14,22-23,26H,7,9-10H2,1-6H3,(H,20,24,25)/t12?,13-,14-/m0/s1. The minimum absolute atomic E-state index is 0.103. The predicted octanol–water partition coefficient (Wildman–Crippen LogP) is 0.475. The van der Waals surface area contributed by atoms with Crippen LogP contribution in [0.3, 0.4) is 0 Å². The number of aliphatic hydroxyl groups is 3. The van der Waals surface area contributed by atoms with E-state index in [0.717, 1.165) is 4.57 Å². The van der Waals surface area contributed by atoms with Crippen molar-refractivity contribution in [3.8, 4) is 0 Å². The summed E-state index contributed by atoms with van der Waals surface area (Å²) in [6.07, 6.45) is -1.12. The van der Waals surface area contributed by atoms with Crippen molar-refractivity contribution in [3.63, 3.8) is 0 Å². The molecule has 3 atom stereocenters. The molecule has 9 heteroatoms. The molecule has 0 spiro atoms. The molecule has 0 amide bonds. The number of rotatable bonds is 5. The maximum atomic E-state index is 12.2. The van der Waals surface area contributed by atoms with E-state index in [4.69, 9.17) is 9.47 Å². The van der Waals surface area contributed by atoms with Gasteiger partial charge in [-0.3, -0.25) is 14.3 Å². The third-order valence-electron chi connectivity index (χ3n) is 5.21. The summed E-state index contributed by atoms with van der Waals surface area (Å²) in [5.74, 6) is -1.55. The molecule has 1 unspecified atom stereocenters. The maximum absolute atomic E-state index is 12.2. The van der Waals surface area contributed by atoms with E-state index in [9.17, 15) is 24.9 Å². The SMILES string of the molecule is CC(C)(C)C(O)(OCc1cn([C@@H]2CC(O)[C@H](CO)O2)c(=O)[nH]c1=O)C(C)(C)C. The van der Waals surface area contributed by atoms with Crippen LogP contribution in [0.5, 0.6) is 0 Å². The van der Waals surface area contributed by atoms with Crippen LogP contribution in [0.1, 0.15) is 59.8 Å². The molecule has 28 heavy (non-hydrogen) atoms. The lowest BCUT2D eigenvalue weighted by Gasteiger charge is -2.48. The lowest BCUT2D eigenvalue weighted by atomic mass is 9.70. The van der Waals surface area contributed by atoms with E-state index in [1.807, 2.05) is 41.5 Å². The van der Waals surface area contributed by atoms with Crippen molar-refractivity contribution in [3.05, 3.63) is 32.6 Å². The van der Waals surface area contributed by atoms with Crippen molar-refractivity contribution in [2.75, 3.05) is 6.61 Å². The molecule has 2 heterocycles. The Labute approximate surface area is 163 Å². The normalized spacial score (nSPS) is 24.0. The Bertz CT molecular complexity index is 786. The average molecular weight is 400 g/mol. The van der Waals surface area contributed by atoms with Gasteiger partial charge in [-0.25, -0.2) is 4.79 Å². The summed E-state index contributed by atoms with van der Waals surface area (Å²) >= 11 is 0. The van der Waals surface area contributed by atoms with Gasteiger partial charge >= 0.3 is 5.69 Å². The van der Waals surface area contributed by atoms with Crippen molar-refractivity contribution >= 4 is 0 Å². The minimum Gasteiger partial charge on any atom is -0.394 e. The summed E-state index contributed by atoms with van der Waals surface area (Å²) in [4.78, 5) is 26.7. The van der Waals surface area contributed by atoms with Gasteiger partial charge in [0, 0.05) is 23.4 Å². The Balaban J connectivity index is 2.33. The molecule has 1 aliphatic heterocycles. The molecule has 0 aliphatic carbocycles. The number of hydrogen-bond acceptors (Lipinski definition) is 7. The highest BCUT2D eigenvalue weighted by atomic mass is 16.6. The number of aromatic nitrogens is 2. The molecule has 0 bridgehead atoms. The van der Waals surface area contributed by atoms with E-state index in [1.54, 1.807) is 0 Å². The Morgan fingerprint density at radius 1 is 1.21 bits per heavy atom. The fraction of sp³-hybridized carbons (Fsp3) is 0.789. The monoisotopic (exact) mass is 400 g/mol. The quantitative estimate of drug-likeness (QED) is 0.528. The van der Waals surface area contributed by atoms with Crippen LogP contribution >= 0.6 is 0 Å². The van der Waals surface area contributed by atoms with Crippen LogP contribution < -0.4 is 11.2 Å². The van der Waals surface area contributed by atoms with Gasteiger partial charge in [0.1, 0.15) is 12.3 Å². The van der Waals surface area contributed by atoms with Gasteiger partial charge in [-0.2, -0.15) is 0 Å². The van der Waals surface area contributed by atoms with Crippen LogP contribution in [-0.4, -0.2) is 49.5 Å². The van der Waals surface area contributed by atoms with Gasteiger partial charge in [-0.15, -0.1) is 0 Å². The van der Waals surface area contributed by atoms with Gasteiger partial charge < -0.3 is 24.8 Å². The zero-order chi connectivity index (χ0) is 21.5. The van der Waals surface area contributed by atoms with E-state index < -0.39 is 46.3 Å². The first-order valence-corrected chi connectivity index (χ1v) is 9.36. The van der Waals surface area contributed by atoms with E-state index in [1.165, 1.54) is 6.20 Å². The highest BCUT2D eigenvalue weighted by Crippen LogP contribution is 2.45. The summed E-state index contributed by atoms with van der Waals surface area (Å²) in [7, 11) is 0. The molecular weight excluding hydrogens is 368 g/mol. The van der Waals surface area contributed by atoms with Crippen molar-refractivity contribution in [2.45, 2.75) is 78.8 Å². The molecule has 1 aliphatic rings. The Morgan fingerprint density at radius 3 is 2.25 bits per heavy atom. The van der Waals surface area contributed by atoms with Gasteiger partial charge in [-0.05, 0) is 0 Å². The van der Waals surface area contributed by atoms with Gasteiger partial charge in [0.15, 0.2) is 5.79 Å². The molecule has 1 aromatic heterocycles. The largest absolute Gasteiger partial charge is 0.394 e. The molecule has 4 N–H and O–H groups in total. The smallest absolute Gasteiger partial charge is 0.330 e. The molecule has 2 rings (SSSR count). The van der Waals surface area contributed by atoms with Crippen molar-refractivity contribution < 1.29 is 24.8 Å². The molecular formula is C19H32N2O7. The number of nitrogens with zero attached hydrogens (tertiary/aromatic N) is 1. The summed E-state index contributed by atoms with van der Waals surface area (Å²) < 4.78 is 12.5. The Hall–Kier alpha value is -1.52. The average Bonchev–Trinajstić information content (AvgIpc) is 2.92. The second kappa shape index (κ2) is 7.72. The summed E-state index contributed by atoms with van der Waals surface area (Å²) in [6.45, 7) is 10.4. The van der Waals surface area contributed by atoms with Crippen molar-refractivity contribution in [1.29, 1.82) is 0 Å². The first kappa shape index (κ1) is 22.8. The fourth-order valence-electron chi connectivity index (χ4n) is 3.63. The fourth-order valence-corrected chi connectivity index (χ4v) is 3.63. The molecule has 1 fully saturated rings. The van der Waals surface area contributed by atoms with Crippen LogP contribution in [0.4, 0.5) is 0 Å². The van der Waals surface area contributed by atoms with E-state index in [-0.39, 0.29) is 25.2 Å². The van der Waals surface area contributed by atoms with Gasteiger partial charge in [0.25, 0.3) is 5.56 Å². The Kier molecular flexibility index (Phi) is 6.28. The van der Waals surface area contributed by atoms with Crippen LogP contribution in [0.25, 0.3) is 0 Å². The van der Waals surface area contributed by atoms with Crippen molar-refractivity contribution in [1.82, 2.24) is 9.55 Å². The Morgan fingerprint density at radius 2 is 1.79 bits per heavy atom. The third kappa shape index (κ3) is 4.23. The number of ether oxygens (including phenoxy) is 2. The number of H-pyrrole nitrogens is 1. The summed E-state index contributed by atoms with van der Waals surface area (Å²) in [5.41, 5.74) is -2.45. The topological polar surface area (TPSA) is 134 Å².